The lowest BCUT2D eigenvalue weighted by atomic mass is 10.1. The average molecular weight is 266 g/mol. The van der Waals surface area contributed by atoms with Crippen LogP contribution in [-0.4, -0.2) is 14.5 Å². The highest BCUT2D eigenvalue weighted by Gasteiger charge is 2.04. The molecule has 2 aromatic heterocycles. The van der Waals surface area contributed by atoms with Crippen LogP contribution in [0, 0.1) is 11.3 Å². The number of rotatable bonds is 3. The molecule has 3 aromatic rings. The summed E-state index contributed by atoms with van der Waals surface area (Å²) in [5, 5.41) is 11.5. The highest BCUT2D eigenvalue weighted by Crippen LogP contribution is 2.23. The number of imidazole rings is 1. The van der Waals surface area contributed by atoms with Gasteiger partial charge in [-0.15, -0.1) is 11.3 Å². The zero-order valence-corrected chi connectivity index (χ0v) is 10.8. The van der Waals surface area contributed by atoms with Crippen LogP contribution < -0.4 is 0 Å². The molecule has 0 bridgehead atoms. The van der Waals surface area contributed by atoms with Gasteiger partial charge in [0.2, 0.25) is 0 Å². The first kappa shape index (κ1) is 11.6. The predicted octanol–water partition coefficient (Wildman–Crippen LogP) is 3.06. The molecule has 1 aromatic carbocycles. The summed E-state index contributed by atoms with van der Waals surface area (Å²) in [4.78, 5) is 8.46. The fourth-order valence-electron chi connectivity index (χ4n) is 1.81. The van der Waals surface area contributed by atoms with Crippen LogP contribution in [0.3, 0.4) is 0 Å². The van der Waals surface area contributed by atoms with Crippen LogP contribution in [0.2, 0.25) is 0 Å². The number of benzene rings is 1. The van der Waals surface area contributed by atoms with Crippen LogP contribution in [0.1, 0.15) is 5.01 Å². The van der Waals surface area contributed by atoms with E-state index in [4.69, 9.17) is 5.26 Å². The summed E-state index contributed by atoms with van der Waals surface area (Å²) in [7, 11) is 0. The Bertz CT molecular complexity index is 705. The molecule has 0 spiro atoms. The Kier molecular flexibility index (Phi) is 3.09. The fourth-order valence-corrected chi connectivity index (χ4v) is 2.54. The molecule has 0 unspecified atom stereocenters. The normalized spacial score (nSPS) is 10.3. The second-order valence-electron chi connectivity index (χ2n) is 3.98. The number of aromatic nitrogens is 3. The smallest absolute Gasteiger partial charge is 0.107 e. The van der Waals surface area contributed by atoms with Crippen molar-refractivity contribution in [2.45, 2.75) is 6.42 Å². The summed E-state index contributed by atoms with van der Waals surface area (Å²) in [5.74, 6) is 0. The van der Waals surface area contributed by atoms with E-state index in [2.05, 4.69) is 16.0 Å². The van der Waals surface area contributed by atoms with Gasteiger partial charge in [0.1, 0.15) is 5.01 Å². The molecule has 0 aliphatic heterocycles. The van der Waals surface area contributed by atoms with Gasteiger partial charge in [-0.25, -0.2) is 9.97 Å². The average Bonchev–Trinajstić information content (AvgIpc) is 3.10. The Labute approximate surface area is 114 Å². The molecule has 4 nitrogen and oxygen atoms in total. The van der Waals surface area contributed by atoms with Crippen molar-refractivity contribution < 1.29 is 0 Å². The molecule has 0 radical (unpaired) electrons. The third-order valence-corrected chi connectivity index (χ3v) is 3.60. The van der Waals surface area contributed by atoms with Gasteiger partial charge >= 0.3 is 0 Å². The van der Waals surface area contributed by atoms with Crippen molar-refractivity contribution in [2.24, 2.45) is 0 Å². The molecule has 0 saturated heterocycles. The number of thiazole rings is 1. The minimum atomic E-state index is 0.373. The van der Waals surface area contributed by atoms with Gasteiger partial charge in [-0.2, -0.15) is 5.26 Å². The Morgan fingerprint density at radius 3 is 2.79 bits per heavy atom. The van der Waals surface area contributed by atoms with Crippen LogP contribution in [0.25, 0.3) is 16.9 Å². The van der Waals surface area contributed by atoms with Crippen molar-refractivity contribution in [1.29, 1.82) is 5.26 Å². The molecular weight excluding hydrogens is 256 g/mol. The first-order valence-corrected chi connectivity index (χ1v) is 6.65. The van der Waals surface area contributed by atoms with E-state index in [1.165, 1.54) is 11.3 Å². The van der Waals surface area contributed by atoms with Gasteiger partial charge < -0.3 is 4.57 Å². The maximum Gasteiger partial charge on any atom is 0.107 e. The van der Waals surface area contributed by atoms with Gasteiger partial charge in [-0.05, 0) is 12.1 Å². The summed E-state index contributed by atoms with van der Waals surface area (Å²) >= 11 is 1.52. The van der Waals surface area contributed by atoms with Crippen molar-refractivity contribution in [3.63, 3.8) is 0 Å². The molecule has 19 heavy (non-hydrogen) atoms. The lowest BCUT2D eigenvalue weighted by Crippen LogP contribution is -1.89. The van der Waals surface area contributed by atoms with Crippen LogP contribution in [0.15, 0.2) is 48.4 Å². The van der Waals surface area contributed by atoms with Gasteiger partial charge in [0.15, 0.2) is 0 Å². The lowest BCUT2D eigenvalue weighted by molar-refractivity contribution is 1.06. The van der Waals surface area contributed by atoms with Gasteiger partial charge in [-0.1, -0.05) is 12.1 Å². The molecule has 3 rings (SSSR count). The minimum Gasteiger partial charge on any atom is -0.306 e. The maximum atomic E-state index is 8.65. The standard InChI is InChI=1S/C14H10N4S/c15-6-5-14-17-13(9-19-14)11-1-3-12(4-2-11)18-8-7-16-10-18/h1-4,7-10H,5H2. The van der Waals surface area contributed by atoms with Crippen molar-refractivity contribution in [3.05, 3.63) is 53.4 Å². The van der Waals surface area contributed by atoms with Crippen molar-refractivity contribution in [1.82, 2.24) is 14.5 Å². The second kappa shape index (κ2) is 5.04. The number of nitrogens with zero attached hydrogens (tertiary/aromatic N) is 4. The van der Waals surface area contributed by atoms with E-state index in [9.17, 15) is 0 Å². The Morgan fingerprint density at radius 2 is 2.11 bits per heavy atom. The van der Waals surface area contributed by atoms with E-state index in [0.717, 1.165) is 22.0 Å². The van der Waals surface area contributed by atoms with Crippen molar-refractivity contribution >= 4 is 11.3 Å². The molecular formula is C14H10N4S. The molecule has 0 aliphatic carbocycles. The first-order chi connectivity index (χ1) is 9.36. The molecule has 0 aliphatic rings. The number of hydrogen-bond acceptors (Lipinski definition) is 4. The van der Waals surface area contributed by atoms with E-state index in [1.54, 1.807) is 12.5 Å². The largest absolute Gasteiger partial charge is 0.306 e. The highest BCUT2D eigenvalue weighted by atomic mass is 32.1. The van der Waals surface area contributed by atoms with Crippen molar-refractivity contribution in [2.75, 3.05) is 0 Å². The van der Waals surface area contributed by atoms with E-state index < -0.39 is 0 Å². The van der Waals surface area contributed by atoms with E-state index in [-0.39, 0.29) is 0 Å². The quantitative estimate of drug-likeness (QED) is 0.732. The summed E-state index contributed by atoms with van der Waals surface area (Å²) in [6, 6.07) is 10.2. The second-order valence-corrected chi connectivity index (χ2v) is 4.92. The monoisotopic (exact) mass is 266 g/mol. The summed E-state index contributed by atoms with van der Waals surface area (Å²) in [5.41, 5.74) is 3.05. The topological polar surface area (TPSA) is 54.5 Å². The highest BCUT2D eigenvalue weighted by molar-refractivity contribution is 7.10. The van der Waals surface area contributed by atoms with E-state index in [0.29, 0.717) is 6.42 Å². The van der Waals surface area contributed by atoms with Gasteiger partial charge in [0.25, 0.3) is 0 Å². The third-order valence-electron chi connectivity index (χ3n) is 2.75. The Morgan fingerprint density at radius 1 is 1.26 bits per heavy atom. The van der Waals surface area contributed by atoms with Crippen molar-refractivity contribution in [3.8, 4) is 23.0 Å². The van der Waals surface area contributed by atoms with Crippen LogP contribution in [0.4, 0.5) is 0 Å². The van der Waals surface area contributed by atoms with E-state index in [1.807, 2.05) is 40.4 Å². The first-order valence-electron chi connectivity index (χ1n) is 5.77. The minimum absolute atomic E-state index is 0.373. The van der Waals surface area contributed by atoms with E-state index >= 15 is 0 Å². The third kappa shape index (κ3) is 2.39. The molecule has 92 valence electrons. The summed E-state index contributed by atoms with van der Waals surface area (Å²) in [6.07, 6.45) is 5.80. The number of hydrogen-bond donors (Lipinski definition) is 0. The molecule has 5 heteroatoms. The molecule has 0 fully saturated rings. The molecule has 2 heterocycles. The summed E-state index contributed by atoms with van der Waals surface area (Å²) in [6.45, 7) is 0. The lowest BCUT2D eigenvalue weighted by Gasteiger charge is -2.02. The predicted molar refractivity (Wildman–Crippen MR) is 74.0 cm³/mol. The molecule has 0 amide bonds. The molecule has 0 atom stereocenters. The summed E-state index contributed by atoms with van der Waals surface area (Å²) < 4.78 is 1.95. The Balaban J connectivity index is 1.88. The van der Waals surface area contributed by atoms with Crippen LogP contribution >= 0.6 is 11.3 Å². The van der Waals surface area contributed by atoms with Gasteiger partial charge in [0.05, 0.1) is 24.5 Å². The molecule has 0 N–H and O–H groups in total. The number of nitriles is 1. The van der Waals surface area contributed by atoms with Crippen LogP contribution in [-0.2, 0) is 6.42 Å². The van der Waals surface area contributed by atoms with Gasteiger partial charge in [0, 0.05) is 29.0 Å². The molecule has 0 saturated carbocycles. The van der Waals surface area contributed by atoms with Gasteiger partial charge in [-0.3, -0.25) is 0 Å². The van der Waals surface area contributed by atoms with Crippen LogP contribution in [0.5, 0.6) is 0 Å². The SMILES string of the molecule is N#CCc1nc(-c2ccc(-n3ccnc3)cc2)cs1. The zero-order chi connectivity index (χ0) is 13.1. The zero-order valence-electron chi connectivity index (χ0n) is 10.0. The fraction of sp³-hybridized carbons (Fsp3) is 0.0714. The maximum absolute atomic E-state index is 8.65. The Hall–Kier alpha value is -2.45.